The van der Waals surface area contributed by atoms with Gasteiger partial charge in [-0.2, -0.15) is 4.39 Å². The molecule has 3 aromatic heterocycles. The zero-order valence-corrected chi connectivity index (χ0v) is 22.4. The Kier molecular flexibility index (Phi) is 7.09. The molecule has 40 heavy (non-hydrogen) atoms. The highest BCUT2D eigenvalue weighted by molar-refractivity contribution is 5.96. The summed E-state index contributed by atoms with van der Waals surface area (Å²) >= 11 is 0. The molecule has 2 amide bonds. The van der Waals surface area contributed by atoms with Crippen molar-refractivity contribution in [2.24, 2.45) is 0 Å². The van der Waals surface area contributed by atoms with Crippen LogP contribution in [0, 0.1) is 11.8 Å². The summed E-state index contributed by atoms with van der Waals surface area (Å²) in [6, 6.07) is 11.3. The molecule has 208 valence electrons. The molecule has 1 aromatic carbocycles. The summed E-state index contributed by atoms with van der Waals surface area (Å²) in [5.41, 5.74) is 2.04. The number of amides is 2. The Balaban J connectivity index is 1.31. The molecule has 1 N–H and O–H groups in total. The van der Waals surface area contributed by atoms with Gasteiger partial charge in [0.1, 0.15) is 17.5 Å². The number of alkyl carbamates (subject to hydrolysis) is 1. The summed E-state index contributed by atoms with van der Waals surface area (Å²) in [5.74, 6) is -1.40. The standard InChI is InChI=1S/C28H28F2N6O4/c1-16(21-11-18(29)13-32-26(21)30)39-24-10-9-23-31-14-22(36(23)34-24)17-5-7-20(8-6-17)35-15-19(12-25(35)37)33-27(38)40-28(2,3)4/h5-11,13-14,16,19H,12,15H2,1-4H3,(H,33,38)/t16?,19-/m0/s1. The minimum atomic E-state index is -0.842. The third-order valence-electron chi connectivity index (χ3n) is 6.23. The number of fused-ring (bicyclic) bond motifs is 1. The predicted octanol–water partition coefficient (Wildman–Crippen LogP) is 4.84. The highest BCUT2D eigenvalue weighted by Crippen LogP contribution is 2.28. The number of imidazole rings is 1. The van der Waals surface area contributed by atoms with Crippen molar-refractivity contribution in [1.29, 1.82) is 0 Å². The lowest BCUT2D eigenvalue weighted by atomic mass is 10.1. The van der Waals surface area contributed by atoms with Crippen LogP contribution in [0.25, 0.3) is 16.9 Å². The minimum Gasteiger partial charge on any atom is -0.469 e. The Hall–Kier alpha value is -4.61. The van der Waals surface area contributed by atoms with E-state index in [4.69, 9.17) is 9.47 Å². The summed E-state index contributed by atoms with van der Waals surface area (Å²) in [7, 11) is 0. The van der Waals surface area contributed by atoms with Crippen molar-refractivity contribution in [3.8, 4) is 17.1 Å². The normalized spacial score (nSPS) is 16.3. The lowest BCUT2D eigenvalue weighted by Crippen LogP contribution is -2.40. The second kappa shape index (κ2) is 10.5. The largest absolute Gasteiger partial charge is 0.469 e. The fourth-order valence-corrected chi connectivity index (χ4v) is 4.42. The maximum atomic E-state index is 14.1. The number of hydrogen-bond acceptors (Lipinski definition) is 7. The maximum absolute atomic E-state index is 14.1. The van der Waals surface area contributed by atoms with E-state index < -0.39 is 29.6 Å². The third-order valence-corrected chi connectivity index (χ3v) is 6.23. The zero-order valence-electron chi connectivity index (χ0n) is 22.4. The van der Waals surface area contributed by atoms with Crippen molar-refractivity contribution < 1.29 is 27.8 Å². The van der Waals surface area contributed by atoms with Crippen LogP contribution in [-0.2, 0) is 9.53 Å². The van der Waals surface area contributed by atoms with Crippen LogP contribution in [0.1, 0.15) is 45.8 Å². The van der Waals surface area contributed by atoms with Gasteiger partial charge in [0.15, 0.2) is 5.65 Å². The number of carbonyl (C=O) groups excluding carboxylic acids is 2. The Bertz CT molecular complexity index is 1570. The first-order valence-corrected chi connectivity index (χ1v) is 12.7. The fraction of sp³-hybridized carbons (Fsp3) is 0.321. The fourth-order valence-electron chi connectivity index (χ4n) is 4.42. The van der Waals surface area contributed by atoms with Crippen LogP contribution in [0.3, 0.4) is 0 Å². The van der Waals surface area contributed by atoms with Gasteiger partial charge in [-0.05, 0) is 52.0 Å². The zero-order chi connectivity index (χ0) is 28.6. The van der Waals surface area contributed by atoms with Crippen molar-refractivity contribution in [3.63, 3.8) is 0 Å². The van der Waals surface area contributed by atoms with E-state index in [9.17, 15) is 18.4 Å². The average Bonchev–Trinajstić information content (AvgIpc) is 3.47. The summed E-state index contributed by atoms with van der Waals surface area (Å²) in [5, 5.41) is 7.24. The second-order valence-electron chi connectivity index (χ2n) is 10.5. The number of nitrogens with one attached hydrogen (secondary N) is 1. The lowest BCUT2D eigenvalue weighted by Gasteiger charge is -2.22. The Morgan fingerprint density at radius 1 is 1.10 bits per heavy atom. The molecule has 0 bridgehead atoms. The van der Waals surface area contributed by atoms with Crippen LogP contribution in [0.2, 0.25) is 0 Å². The van der Waals surface area contributed by atoms with Gasteiger partial charge in [0.25, 0.3) is 0 Å². The number of rotatable bonds is 6. The minimum absolute atomic E-state index is 0.0247. The van der Waals surface area contributed by atoms with E-state index >= 15 is 0 Å². The second-order valence-corrected chi connectivity index (χ2v) is 10.5. The number of carbonyl (C=O) groups is 2. The Labute approximate surface area is 228 Å². The molecule has 4 heterocycles. The highest BCUT2D eigenvalue weighted by Gasteiger charge is 2.32. The van der Waals surface area contributed by atoms with E-state index in [2.05, 4.69) is 20.4 Å². The molecular formula is C28H28F2N6O4. The number of anilines is 1. The SMILES string of the molecule is CC(Oc1ccc2ncc(-c3ccc(N4C[C@@H](NC(=O)OC(C)(C)C)CC4=O)cc3)n2n1)c1cc(F)cnc1F. The molecule has 1 aliphatic rings. The first-order chi connectivity index (χ1) is 19.0. The third kappa shape index (κ3) is 5.85. The van der Waals surface area contributed by atoms with E-state index in [1.54, 1.807) is 55.4 Å². The van der Waals surface area contributed by atoms with E-state index in [0.29, 0.717) is 23.6 Å². The monoisotopic (exact) mass is 550 g/mol. The van der Waals surface area contributed by atoms with E-state index in [1.807, 2.05) is 24.3 Å². The van der Waals surface area contributed by atoms with E-state index in [0.717, 1.165) is 17.8 Å². The van der Waals surface area contributed by atoms with Crippen LogP contribution in [0.5, 0.6) is 5.88 Å². The predicted molar refractivity (Wildman–Crippen MR) is 142 cm³/mol. The summed E-state index contributed by atoms with van der Waals surface area (Å²) in [6.45, 7) is 7.24. The highest BCUT2D eigenvalue weighted by atomic mass is 19.1. The molecule has 2 atom stereocenters. The number of benzene rings is 1. The molecule has 0 spiro atoms. The van der Waals surface area contributed by atoms with Gasteiger partial charge in [0, 0.05) is 30.3 Å². The summed E-state index contributed by atoms with van der Waals surface area (Å²) < 4.78 is 40.3. The molecule has 1 fully saturated rings. The number of halogens is 2. The van der Waals surface area contributed by atoms with Crippen LogP contribution in [0.4, 0.5) is 19.3 Å². The van der Waals surface area contributed by atoms with Gasteiger partial charge in [0.2, 0.25) is 17.7 Å². The topological polar surface area (TPSA) is 111 Å². The van der Waals surface area contributed by atoms with Gasteiger partial charge in [-0.3, -0.25) is 4.79 Å². The van der Waals surface area contributed by atoms with Crippen LogP contribution in [-0.4, -0.2) is 49.8 Å². The number of hydrogen-bond donors (Lipinski definition) is 1. The first kappa shape index (κ1) is 27.0. The molecular weight excluding hydrogens is 522 g/mol. The molecule has 1 aliphatic heterocycles. The van der Waals surface area contributed by atoms with Crippen LogP contribution >= 0.6 is 0 Å². The number of ether oxygens (including phenoxy) is 2. The van der Waals surface area contributed by atoms with Gasteiger partial charge < -0.3 is 19.7 Å². The Morgan fingerprint density at radius 3 is 2.58 bits per heavy atom. The number of nitrogens with zero attached hydrogens (tertiary/aromatic N) is 5. The number of aromatic nitrogens is 4. The molecule has 1 saturated heterocycles. The average molecular weight is 551 g/mol. The smallest absolute Gasteiger partial charge is 0.407 e. The van der Waals surface area contributed by atoms with Crippen molar-refractivity contribution >= 4 is 23.3 Å². The summed E-state index contributed by atoms with van der Waals surface area (Å²) in [4.78, 5) is 34.2. The van der Waals surface area contributed by atoms with Crippen molar-refractivity contribution in [1.82, 2.24) is 24.9 Å². The quantitative estimate of drug-likeness (QED) is 0.342. The van der Waals surface area contributed by atoms with Gasteiger partial charge in [-0.1, -0.05) is 12.1 Å². The molecule has 0 radical (unpaired) electrons. The molecule has 4 aromatic rings. The van der Waals surface area contributed by atoms with Crippen LogP contribution in [0.15, 0.2) is 54.9 Å². The molecule has 0 aliphatic carbocycles. The van der Waals surface area contributed by atoms with Crippen molar-refractivity contribution in [3.05, 3.63) is 72.2 Å². The number of pyridine rings is 1. The van der Waals surface area contributed by atoms with Gasteiger partial charge in [-0.25, -0.2) is 23.7 Å². The van der Waals surface area contributed by atoms with Gasteiger partial charge in [-0.15, -0.1) is 5.10 Å². The maximum Gasteiger partial charge on any atom is 0.407 e. The van der Waals surface area contributed by atoms with Crippen LogP contribution < -0.4 is 15.0 Å². The summed E-state index contributed by atoms with van der Waals surface area (Å²) in [6.07, 6.45) is 1.24. The van der Waals surface area contributed by atoms with E-state index in [-0.39, 0.29) is 29.8 Å². The van der Waals surface area contributed by atoms with Gasteiger partial charge in [0.05, 0.1) is 29.7 Å². The molecule has 0 saturated carbocycles. The molecule has 12 heteroatoms. The first-order valence-electron chi connectivity index (χ1n) is 12.7. The molecule has 10 nitrogen and oxygen atoms in total. The Morgan fingerprint density at radius 2 is 1.85 bits per heavy atom. The van der Waals surface area contributed by atoms with Crippen molar-refractivity contribution in [2.75, 3.05) is 11.4 Å². The lowest BCUT2D eigenvalue weighted by molar-refractivity contribution is -0.117. The molecule has 5 rings (SSSR count). The molecule has 1 unspecified atom stereocenters. The van der Waals surface area contributed by atoms with Crippen molar-refractivity contribution in [2.45, 2.75) is 51.9 Å². The van der Waals surface area contributed by atoms with E-state index in [1.165, 1.54) is 0 Å². The van der Waals surface area contributed by atoms with Gasteiger partial charge >= 0.3 is 6.09 Å².